The van der Waals surface area contributed by atoms with E-state index < -0.39 is 0 Å². The fourth-order valence-corrected chi connectivity index (χ4v) is 6.13. The van der Waals surface area contributed by atoms with Crippen LogP contribution in [0.3, 0.4) is 0 Å². The van der Waals surface area contributed by atoms with Gasteiger partial charge < -0.3 is 20.9 Å². The zero-order valence-corrected chi connectivity index (χ0v) is 20.8. The number of piperazine rings is 1. The quantitative estimate of drug-likeness (QED) is 0.388. The van der Waals surface area contributed by atoms with Crippen molar-refractivity contribution in [3.05, 3.63) is 70.2 Å². The standard InChI is InChI=1S/C26H29N7O2S/c34-25(30-19-17-29-12-9-20(19)31-15-13-28-14-16-31)23-5-6-24(36-23)33-22-4-2-1-3-21(22)32(26(33)35)18-7-10-27-11-8-18/h1-6,9,12,17-18,27-28H,7-8,10-11,13-16H2,(H,30,34). The van der Waals surface area contributed by atoms with Crippen LogP contribution >= 0.6 is 11.3 Å². The molecule has 9 nitrogen and oxygen atoms in total. The second-order valence-electron chi connectivity index (χ2n) is 9.18. The minimum Gasteiger partial charge on any atom is -0.367 e. The number of piperidine rings is 1. The van der Waals surface area contributed by atoms with E-state index in [9.17, 15) is 9.59 Å². The Morgan fingerprint density at radius 3 is 2.53 bits per heavy atom. The topological polar surface area (TPSA) is 96.2 Å². The van der Waals surface area contributed by atoms with Crippen molar-refractivity contribution in [3.8, 4) is 5.00 Å². The van der Waals surface area contributed by atoms with Gasteiger partial charge in [0.25, 0.3) is 5.91 Å². The molecule has 0 spiro atoms. The molecule has 2 fully saturated rings. The van der Waals surface area contributed by atoms with Gasteiger partial charge in [0, 0.05) is 38.4 Å². The van der Waals surface area contributed by atoms with Gasteiger partial charge >= 0.3 is 5.69 Å². The van der Waals surface area contributed by atoms with Crippen molar-refractivity contribution < 1.29 is 4.79 Å². The fraction of sp³-hybridized carbons (Fsp3) is 0.346. The van der Waals surface area contributed by atoms with Gasteiger partial charge in [0.15, 0.2) is 0 Å². The van der Waals surface area contributed by atoms with Crippen molar-refractivity contribution in [2.24, 2.45) is 0 Å². The first-order valence-corrected chi connectivity index (χ1v) is 13.3. The number of amides is 1. The van der Waals surface area contributed by atoms with Crippen LogP contribution in [0.4, 0.5) is 11.4 Å². The lowest BCUT2D eigenvalue weighted by atomic mass is 10.1. The Kier molecular flexibility index (Phi) is 6.30. The predicted octanol–water partition coefficient (Wildman–Crippen LogP) is 2.84. The van der Waals surface area contributed by atoms with Crippen molar-refractivity contribution >= 4 is 39.7 Å². The fourth-order valence-electron chi connectivity index (χ4n) is 5.22. The van der Waals surface area contributed by atoms with Crippen LogP contribution in [0.5, 0.6) is 0 Å². The second-order valence-corrected chi connectivity index (χ2v) is 10.2. The average molecular weight is 504 g/mol. The molecule has 36 heavy (non-hydrogen) atoms. The van der Waals surface area contributed by atoms with Crippen molar-refractivity contribution in [2.75, 3.05) is 49.5 Å². The van der Waals surface area contributed by atoms with Gasteiger partial charge in [0.1, 0.15) is 5.00 Å². The van der Waals surface area contributed by atoms with Crippen LogP contribution in [0.1, 0.15) is 28.6 Å². The molecule has 186 valence electrons. The van der Waals surface area contributed by atoms with Gasteiger partial charge in [0.05, 0.1) is 33.5 Å². The number of aromatic nitrogens is 3. The molecule has 6 rings (SSSR count). The first-order valence-electron chi connectivity index (χ1n) is 12.4. The highest BCUT2D eigenvalue weighted by atomic mass is 32.1. The third-order valence-electron chi connectivity index (χ3n) is 6.99. The summed E-state index contributed by atoms with van der Waals surface area (Å²) in [5, 5.41) is 10.5. The summed E-state index contributed by atoms with van der Waals surface area (Å²) in [4.78, 5) is 33.9. The summed E-state index contributed by atoms with van der Waals surface area (Å²) >= 11 is 1.32. The van der Waals surface area contributed by atoms with Gasteiger partial charge in [-0.3, -0.25) is 18.9 Å². The largest absolute Gasteiger partial charge is 0.367 e. The summed E-state index contributed by atoms with van der Waals surface area (Å²) in [6.45, 7) is 5.38. The summed E-state index contributed by atoms with van der Waals surface area (Å²) in [6, 6.07) is 13.7. The molecule has 0 atom stereocenters. The molecule has 0 saturated carbocycles. The zero-order chi connectivity index (χ0) is 24.5. The number of carbonyl (C=O) groups is 1. The van der Waals surface area contributed by atoms with E-state index in [1.165, 1.54) is 11.3 Å². The maximum atomic E-state index is 13.7. The van der Waals surface area contributed by atoms with Crippen molar-refractivity contribution in [3.63, 3.8) is 0 Å². The Hall–Kier alpha value is -3.47. The predicted molar refractivity (Wildman–Crippen MR) is 144 cm³/mol. The van der Waals surface area contributed by atoms with E-state index in [4.69, 9.17) is 0 Å². The van der Waals surface area contributed by atoms with Crippen LogP contribution in [0, 0.1) is 0 Å². The van der Waals surface area contributed by atoms with Crippen LogP contribution in [-0.2, 0) is 0 Å². The molecule has 0 aliphatic carbocycles. The Morgan fingerprint density at radius 1 is 0.972 bits per heavy atom. The highest BCUT2D eigenvalue weighted by molar-refractivity contribution is 7.16. The van der Waals surface area contributed by atoms with E-state index in [-0.39, 0.29) is 17.6 Å². The van der Waals surface area contributed by atoms with E-state index in [2.05, 4.69) is 25.8 Å². The first kappa shape index (κ1) is 23.0. The van der Waals surface area contributed by atoms with E-state index in [1.807, 2.05) is 41.0 Å². The van der Waals surface area contributed by atoms with Gasteiger partial charge in [-0.1, -0.05) is 12.1 Å². The summed E-state index contributed by atoms with van der Waals surface area (Å²) in [5.41, 5.74) is 3.41. The number of pyridine rings is 1. The van der Waals surface area contributed by atoms with Gasteiger partial charge in [-0.2, -0.15) is 0 Å². The molecule has 3 aromatic heterocycles. The van der Waals surface area contributed by atoms with Crippen LogP contribution in [0.25, 0.3) is 16.0 Å². The zero-order valence-electron chi connectivity index (χ0n) is 19.9. The minimum atomic E-state index is -0.203. The number of nitrogens with zero attached hydrogens (tertiary/aromatic N) is 4. The Labute approximate surface area is 212 Å². The number of hydrogen-bond acceptors (Lipinski definition) is 7. The lowest BCUT2D eigenvalue weighted by Gasteiger charge is -2.30. The minimum absolute atomic E-state index is 0.0508. The second kappa shape index (κ2) is 9.88. The molecule has 0 radical (unpaired) electrons. The van der Waals surface area contributed by atoms with Gasteiger partial charge in [-0.15, -0.1) is 11.3 Å². The van der Waals surface area contributed by atoms with E-state index in [1.54, 1.807) is 23.0 Å². The molecule has 0 bridgehead atoms. The number of para-hydroxylation sites is 2. The number of carbonyl (C=O) groups excluding carboxylic acids is 1. The van der Waals surface area contributed by atoms with Crippen LogP contribution in [0.2, 0.25) is 0 Å². The van der Waals surface area contributed by atoms with E-state index in [0.29, 0.717) is 10.6 Å². The number of anilines is 2. The third-order valence-corrected chi connectivity index (χ3v) is 8.06. The Balaban J connectivity index is 1.31. The number of rotatable bonds is 5. The summed E-state index contributed by atoms with van der Waals surface area (Å²) in [7, 11) is 0. The van der Waals surface area contributed by atoms with Crippen LogP contribution in [0.15, 0.2) is 59.7 Å². The number of fused-ring (bicyclic) bond motifs is 1. The first-order chi connectivity index (χ1) is 17.7. The molecule has 2 aliphatic rings. The SMILES string of the molecule is O=C(Nc1cnccc1N1CCNCC1)c1ccc(-n2c(=O)n(C3CCNCC3)c3ccccc32)s1. The number of benzene rings is 1. The molecular formula is C26H29N7O2S. The van der Waals surface area contributed by atoms with Crippen LogP contribution < -0.4 is 26.5 Å². The van der Waals surface area contributed by atoms with Crippen molar-refractivity contribution in [1.29, 1.82) is 0 Å². The molecular weight excluding hydrogens is 474 g/mol. The molecule has 3 N–H and O–H groups in total. The molecule has 5 heterocycles. The highest BCUT2D eigenvalue weighted by Gasteiger charge is 2.24. The van der Waals surface area contributed by atoms with Crippen molar-refractivity contribution in [2.45, 2.75) is 18.9 Å². The lowest BCUT2D eigenvalue weighted by molar-refractivity contribution is 0.103. The van der Waals surface area contributed by atoms with Gasteiger partial charge in [-0.25, -0.2) is 4.79 Å². The summed E-state index contributed by atoms with van der Waals surface area (Å²) < 4.78 is 3.68. The molecule has 2 saturated heterocycles. The smallest absolute Gasteiger partial charge is 0.334 e. The lowest BCUT2D eigenvalue weighted by Crippen LogP contribution is -2.43. The number of nitrogens with one attached hydrogen (secondary N) is 3. The van der Waals surface area contributed by atoms with E-state index in [0.717, 1.165) is 73.8 Å². The molecule has 4 aromatic rings. The maximum absolute atomic E-state index is 13.7. The number of imidazole rings is 1. The molecule has 1 aromatic carbocycles. The summed E-state index contributed by atoms with van der Waals surface area (Å²) in [6.07, 6.45) is 5.29. The Bertz CT molecular complexity index is 1440. The normalized spacial score (nSPS) is 16.9. The molecule has 10 heteroatoms. The van der Waals surface area contributed by atoms with Crippen LogP contribution in [-0.4, -0.2) is 59.3 Å². The van der Waals surface area contributed by atoms with E-state index >= 15 is 0 Å². The van der Waals surface area contributed by atoms with Gasteiger partial charge in [-0.05, 0) is 56.3 Å². The molecule has 2 aliphatic heterocycles. The molecule has 1 amide bonds. The maximum Gasteiger partial charge on any atom is 0.334 e. The third kappa shape index (κ3) is 4.21. The van der Waals surface area contributed by atoms with Gasteiger partial charge in [0.2, 0.25) is 0 Å². The molecule has 0 unspecified atom stereocenters. The van der Waals surface area contributed by atoms with Crippen molar-refractivity contribution in [1.82, 2.24) is 24.8 Å². The highest BCUT2D eigenvalue weighted by Crippen LogP contribution is 2.30. The number of thiophene rings is 1. The monoisotopic (exact) mass is 503 g/mol. The number of hydrogen-bond donors (Lipinski definition) is 3. The Morgan fingerprint density at radius 2 is 1.72 bits per heavy atom. The summed E-state index contributed by atoms with van der Waals surface area (Å²) in [5.74, 6) is -0.203. The average Bonchev–Trinajstić information content (AvgIpc) is 3.52.